The van der Waals surface area contributed by atoms with E-state index in [0.29, 0.717) is 43.5 Å². The maximum Gasteiger partial charge on any atom is 1.00 e. The first kappa shape index (κ1) is 35.4. The molecule has 1 aliphatic heterocycles. The van der Waals surface area contributed by atoms with Crippen LogP contribution in [0.3, 0.4) is 0 Å². The summed E-state index contributed by atoms with van der Waals surface area (Å²) >= 11 is 12.2. The summed E-state index contributed by atoms with van der Waals surface area (Å²) in [7, 11) is 0. The van der Waals surface area contributed by atoms with E-state index in [0.717, 1.165) is 0 Å². The summed E-state index contributed by atoms with van der Waals surface area (Å²) < 4.78 is 0. The minimum Gasteiger partial charge on any atom is -0.548 e. The molecule has 0 radical (unpaired) electrons. The number of rotatable bonds is 9. The van der Waals surface area contributed by atoms with E-state index in [2.05, 4.69) is 10.6 Å². The van der Waals surface area contributed by atoms with Crippen LogP contribution in [0.25, 0.3) is 0 Å². The van der Waals surface area contributed by atoms with Crippen LogP contribution in [0.1, 0.15) is 62.4 Å². The number of nitrogens with zero attached hydrogens (tertiary/aromatic N) is 1. The molecule has 0 aromatic heterocycles. The minimum atomic E-state index is -1.45. The zero-order chi connectivity index (χ0) is 31.7. The third-order valence-electron chi connectivity index (χ3n) is 9.30. The van der Waals surface area contributed by atoms with Crippen LogP contribution in [-0.4, -0.2) is 53.1 Å². The SMILES string of the molecule is CC1(C(=O)N2CCCC2C(N)=O)CCC(C(=O)NC(Cc2ccc(NC(=O)c3c(Cl)cccc3Cl)cc2)C(=O)[O-])C1(C)C.[Li+]. The van der Waals surface area contributed by atoms with E-state index in [4.69, 9.17) is 28.9 Å². The second-order valence-corrected chi connectivity index (χ2v) is 12.9. The number of carbonyl (C=O) groups excluding carboxylic acids is 5. The van der Waals surface area contributed by atoms with Gasteiger partial charge in [0.2, 0.25) is 17.7 Å². The molecule has 4 N–H and O–H groups in total. The molecule has 1 heterocycles. The molecule has 44 heavy (non-hydrogen) atoms. The maximum atomic E-state index is 13.7. The fraction of sp³-hybridized carbons (Fsp3) is 0.452. The van der Waals surface area contributed by atoms with Gasteiger partial charge < -0.3 is 31.2 Å². The van der Waals surface area contributed by atoms with Gasteiger partial charge in [-0.05, 0) is 67.3 Å². The average molecular weight is 637 g/mol. The molecular formula is C31H35Cl2LiN4O6. The van der Waals surface area contributed by atoms with Crippen molar-refractivity contribution in [2.24, 2.45) is 22.5 Å². The minimum absolute atomic E-state index is 0. The number of carbonyl (C=O) groups is 5. The van der Waals surface area contributed by atoms with E-state index < -0.39 is 52.5 Å². The molecule has 2 aliphatic rings. The van der Waals surface area contributed by atoms with Crippen molar-refractivity contribution in [3.63, 3.8) is 0 Å². The third kappa shape index (κ3) is 6.94. The third-order valence-corrected chi connectivity index (χ3v) is 9.93. The van der Waals surface area contributed by atoms with Crippen LogP contribution in [0.2, 0.25) is 10.0 Å². The first-order valence-corrected chi connectivity index (χ1v) is 14.9. The molecular weight excluding hydrogens is 602 g/mol. The van der Waals surface area contributed by atoms with Gasteiger partial charge in [0.25, 0.3) is 5.91 Å². The van der Waals surface area contributed by atoms with Gasteiger partial charge in [-0.1, -0.05) is 62.2 Å². The van der Waals surface area contributed by atoms with Crippen LogP contribution in [0, 0.1) is 16.7 Å². The van der Waals surface area contributed by atoms with Crippen molar-refractivity contribution in [2.45, 2.75) is 65.0 Å². The Bertz CT molecular complexity index is 1430. The number of hydrogen-bond donors (Lipinski definition) is 3. The van der Waals surface area contributed by atoms with E-state index in [1.807, 2.05) is 13.8 Å². The summed E-state index contributed by atoms with van der Waals surface area (Å²) in [6.07, 6.45) is 1.91. The number of halogens is 2. The quantitative estimate of drug-likeness (QED) is 0.327. The summed E-state index contributed by atoms with van der Waals surface area (Å²) in [5.41, 5.74) is 4.91. The number of carboxylic acid groups (broad SMARTS) is 1. The molecule has 230 valence electrons. The van der Waals surface area contributed by atoms with Crippen molar-refractivity contribution in [3.05, 3.63) is 63.6 Å². The van der Waals surface area contributed by atoms with Gasteiger partial charge in [0.05, 0.1) is 33.0 Å². The van der Waals surface area contributed by atoms with Gasteiger partial charge in [-0.2, -0.15) is 0 Å². The predicted molar refractivity (Wildman–Crippen MR) is 160 cm³/mol. The van der Waals surface area contributed by atoms with Gasteiger partial charge in [0.1, 0.15) is 6.04 Å². The molecule has 2 aromatic carbocycles. The number of anilines is 1. The Morgan fingerprint density at radius 1 is 1.02 bits per heavy atom. The topological polar surface area (TPSA) is 162 Å². The summed E-state index contributed by atoms with van der Waals surface area (Å²) in [6, 6.07) is 9.20. The Hall–Kier alpha value is -3.03. The number of primary amides is 1. The number of likely N-dealkylation sites (tertiary alicyclic amines) is 1. The molecule has 13 heteroatoms. The van der Waals surface area contributed by atoms with Gasteiger partial charge in [0.15, 0.2) is 0 Å². The molecule has 1 saturated carbocycles. The number of nitrogens with one attached hydrogen (secondary N) is 2. The molecule has 10 nitrogen and oxygen atoms in total. The summed E-state index contributed by atoms with van der Waals surface area (Å²) in [5.74, 6) is -3.83. The van der Waals surface area contributed by atoms with Crippen LogP contribution in [-0.2, 0) is 25.6 Å². The number of carboxylic acids is 1. The van der Waals surface area contributed by atoms with Crippen molar-refractivity contribution in [3.8, 4) is 0 Å². The fourth-order valence-electron chi connectivity index (χ4n) is 6.30. The Kier molecular flexibility index (Phi) is 11.2. The largest absolute Gasteiger partial charge is 1.00 e. The van der Waals surface area contributed by atoms with Gasteiger partial charge in [0, 0.05) is 18.2 Å². The molecule has 0 bridgehead atoms. The molecule has 2 aromatic rings. The summed E-state index contributed by atoms with van der Waals surface area (Å²) in [4.78, 5) is 65.3. The normalized spacial score (nSPS) is 22.9. The number of aliphatic carboxylic acids is 1. The Balaban J connectivity index is 0.00000529. The standard InChI is InChI=1S/C31H36Cl2N4O6.Li/c1-30(2)19(13-14-31(30,3)29(43)37-15-5-8-23(37)25(34)38)26(39)36-22(28(41)42)16-17-9-11-18(12-10-17)35-27(40)24-20(32)6-4-7-21(24)33;/h4,6-7,9-12,19,22-23H,5,8,13-16H2,1-3H3,(H2,34,38)(H,35,40)(H,36,39)(H,41,42);/q;+1/p-1. The van der Waals surface area contributed by atoms with E-state index in [1.165, 1.54) is 4.90 Å². The number of hydrogen-bond acceptors (Lipinski definition) is 6. The van der Waals surface area contributed by atoms with Crippen LogP contribution < -0.4 is 40.3 Å². The predicted octanol–water partition coefficient (Wildman–Crippen LogP) is -0.0543. The van der Waals surface area contributed by atoms with E-state index >= 15 is 0 Å². The molecule has 4 unspecified atom stereocenters. The van der Waals surface area contributed by atoms with Gasteiger partial charge in [-0.25, -0.2) is 0 Å². The molecule has 0 spiro atoms. The molecule has 4 rings (SSSR count). The van der Waals surface area contributed by atoms with Crippen LogP contribution in [0.5, 0.6) is 0 Å². The summed E-state index contributed by atoms with van der Waals surface area (Å²) in [5, 5.41) is 17.8. The maximum absolute atomic E-state index is 13.7. The number of amides is 4. The van der Waals surface area contributed by atoms with E-state index in [-0.39, 0.29) is 46.8 Å². The van der Waals surface area contributed by atoms with Gasteiger partial charge in [-0.3, -0.25) is 19.2 Å². The van der Waals surface area contributed by atoms with Crippen molar-refractivity contribution in [1.29, 1.82) is 0 Å². The molecule has 1 saturated heterocycles. The monoisotopic (exact) mass is 636 g/mol. The first-order chi connectivity index (χ1) is 20.2. The van der Waals surface area contributed by atoms with Gasteiger partial charge >= 0.3 is 18.9 Å². The Labute approximate surface area is 278 Å². The zero-order valence-electron chi connectivity index (χ0n) is 25.2. The Morgan fingerprint density at radius 3 is 2.20 bits per heavy atom. The molecule has 2 fully saturated rings. The fourth-order valence-corrected chi connectivity index (χ4v) is 6.87. The number of benzene rings is 2. The second-order valence-electron chi connectivity index (χ2n) is 12.0. The smallest absolute Gasteiger partial charge is 0.548 e. The summed E-state index contributed by atoms with van der Waals surface area (Å²) in [6.45, 7) is 5.88. The first-order valence-electron chi connectivity index (χ1n) is 14.1. The van der Waals surface area contributed by atoms with Gasteiger partial charge in [-0.15, -0.1) is 0 Å². The molecule has 1 aliphatic carbocycles. The van der Waals surface area contributed by atoms with Crippen molar-refractivity contribution in [2.75, 3.05) is 11.9 Å². The van der Waals surface area contributed by atoms with Crippen molar-refractivity contribution < 1.29 is 47.9 Å². The van der Waals surface area contributed by atoms with Crippen LogP contribution in [0.4, 0.5) is 5.69 Å². The van der Waals surface area contributed by atoms with E-state index in [9.17, 15) is 29.1 Å². The Morgan fingerprint density at radius 2 is 1.64 bits per heavy atom. The molecule has 4 amide bonds. The van der Waals surface area contributed by atoms with Crippen molar-refractivity contribution >= 4 is 58.5 Å². The molecule has 4 atom stereocenters. The number of nitrogens with two attached hydrogens (primary N) is 1. The average Bonchev–Trinajstić information content (AvgIpc) is 3.52. The zero-order valence-corrected chi connectivity index (χ0v) is 26.8. The van der Waals surface area contributed by atoms with E-state index in [1.54, 1.807) is 49.4 Å². The van der Waals surface area contributed by atoms with Crippen LogP contribution in [0.15, 0.2) is 42.5 Å². The van der Waals surface area contributed by atoms with Crippen LogP contribution >= 0.6 is 23.2 Å². The second kappa shape index (κ2) is 13.9. The van der Waals surface area contributed by atoms with Crippen molar-refractivity contribution in [1.82, 2.24) is 10.2 Å².